The SMILES string of the molecule is CC(C(=O)Nc1ncn[nH]1)c1ccc2c(c1)OCO2. The second kappa shape index (κ2) is 4.60. The molecule has 3 rings (SSSR count). The van der Waals surface area contributed by atoms with Gasteiger partial charge in [-0.25, -0.2) is 5.10 Å². The van der Waals surface area contributed by atoms with Crippen molar-refractivity contribution in [1.82, 2.24) is 15.2 Å². The molecule has 7 nitrogen and oxygen atoms in total. The van der Waals surface area contributed by atoms with Gasteiger partial charge in [0.05, 0.1) is 5.92 Å². The number of nitrogens with zero attached hydrogens (tertiary/aromatic N) is 2. The van der Waals surface area contributed by atoms with E-state index in [-0.39, 0.29) is 18.6 Å². The second-order valence-electron chi connectivity index (χ2n) is 4.16. The van der Waals surface area contributed by atoms with Gasteiger partial charge in [0.1, 0.15) is 6.33 Å². The number of anilines is 1. The molecule has 1 aliphatic rings. The van der Waals surface area contributed by atoms with E-state index in [0.29, 0.717) is 17.4 Å². The van der Waals surface area contributed by atoms with E-state index in [0.717, 1.165) is 5.56 Å². The van der Waals surface area contributed by atoms with Gasteiger partial charge >= 0.3 is 0 Å². The minimum absolute atomic E-state index is 0.171. The summed E-state index contributed by atoms with van der Waals surface area (Å²) in [5.74, 6) is 1.19. The van der Waals surface area contributed by atoms with E-state index in [9.17, 15) is 4.79 Å². The average molecular weight is 260 g/mol. The van der Waals surface area contributed by atoms with E-state index < -0.39 is 0 Å². The summed E-state index contributed by atoms with van der Waals surface area (Å²) in [7, 11) is 0. The molecule has 0 radical (unpaired) electrons. The summed E-state index contributed by atoms with van der Waals surface area (Å²) in [6.07, 6.45) is 1.33. The third-order valence-corrected chi connectivity index (χ3v) is 2.95. The van der Waals surface area contributed by atoms with Gasteiger partial charge in [-0.1, -0.05) is 6.07 Å². The van der Waals surface area contributed by atoms with Crippen LogP contribution in [0.2, 0.25) is 0 Å². The van der Waals surface area contributed by atoms with Crippen molar-refractivity contribution in [3.05, 3.63) is 30.1 Å². The number of hydrogen-bond donors (Lipinski definition) is 2. The number of hydrogen-bond acceptors (Lipinski definition) is 5. The highest BCUT2D eigenvalue weighted by Crippen LogP contribution is 2.34. The number of nitrogens with one attached hydrogen (secondary N) is 2. The molecule has 0 fully saturated rings. The Hall–Kier alpha value is -2.57. The lowest BCUT2D eigenvalue weighted by Gasteiger charge is -2.11. The van der Waals surface area contributed by atoms with Crippen LogP contribution in [0.5, 0.6) is 11.5 Å². The van der Waals surface area contributed by atoms with Gasteiger partial charge in [-0.05, 0) is 24.6 Å². The van der Waals surface area contributed by atoms with Crippen molar-refractivity contribution in [3.63, 3.8) is 0 Å². The Morgan fingerprint density at radius 2 is 2.26 bits per heavy atom. The molecule has 1 amide bonds. The van der Waals surface area contributed by atoms with Crippen molar-refractivity contribution in [2.75, 3.05) is 12.1 Å². The molecule has 0 aliphatic carbocycles. The van der Waals surface area contributed by atoms with Gasteiger partial charge in [0, 0.05) is 0 Å². The lowest BCUT2D eigenvalue weighted by molar-refractivity contribution is -0.117. The molecule has 1 aromatic heterocycles. The fourth-order valence-corrected chi connectivity index (χ4v) is 1.82. The highest BCUT2D eigenvalue weighted by Gasteiger charge is 2.20. The first-order valence-corrected chi connectivity index (χ1v) is 5.80. The number of ether oxygens (including phenoxy) is 2. The van der Waals surface area contributed by atoms with Crippen molar-refractivity contribution in [1.29, 1.82) is 0 Å². The number of H-pyrrole nitrogens is 1. The van der Waals surface area contributed by atoms with Gasteiger partial charge in [-0.3, -0.25) is 10.1 Å². The third-order valence-electron chi connectivity index (χ3n) is 2.95. The first kappa shape index (κ1) is 11.5. The van der Waals surface area contributed by atoms with Gasteiger partial charge in [0.2, 0.25) is 18.6 Å². The number of fused-ring (bicyclic) bond motifs is 1. The van der Waals surface area contributed by atoms with E-state index in [4.69, 9.17) is 9.47 Å². The molecule has 2 aromatic rings. The van der Waals surface area contributed by atoms with Gasteiger partial charge < -0.3 is 9.47 Å². The monoisotopic (exact) mass is 260 g/mol. The summed E-state index contributed by atoms with van der Waals surface area (Å²) in [5.41, 5.74) is 0.848. The third kappa shape index (κ3) is 2.22. The molecule has 0 spiro atoms. The smallest absolute Gasteiger partial charge is 0.233 e. The van der Waals surface area contributed by atoms with E-state index in [2.05, 4.69) is 20.5 Å². The minimum atomic E-state index is -0.334. The summed E-state index contributed by atoms with van der Waals surface area (Å²) in [4.78, 5) is 15.9. The number of carbonyl (C=O) groups is 1. The Morgan fingerprint density at radius 1 is 1.42 bits per heavy atom. The first-order valence-electron chi connectivity index (χ1n) is 5.80. The molecule has 0 saturated carbocycles. The zero-order valence-electron chi connectivity index (χ0n) is 10.2. The Kier molecular flexibility index (Phi) is 2.79. The predicted molar refractivity (Wildman–Crippen MR) is 66.0 cm³/mol. The second-order valence-corrected chi connectivity index (χ2v) is 4.16. The number of rotatable bonds is 3. The summed E-state index contributed by atoms with van der Waals surface area (Å²) in [6.45, 7) is 2.03. The standard InChI is InChI=1S/C12H12N4O3/c1-7(11(17)15-12-13-5-14-16-12)8-2-3-9-10(4-8)19-6-18-9/h2-5,7H,6H2,1H3,(H2,13,14,15,16,17). The van der Waals surface area contributed by atoms with Crippen LogP contribution in [0.4, 0.5) is 5.95 Å². The van der Waals surface area contributed by atoms with Crippen molar-refractivity contribution >= 4 is 11.9 Å². The van der Waals surface area contributed by atoms with Crippen LogP contribution in [-0.2, 0) is 4.79 Å². The normalized spacial score (nSPS) is 14.2. The molecule has 1 unspecified atom stereocenters. The predicted octanol–water partition coefficient (Wildman–Crippen LogP) is 1.28. The average Bonchev–Trinajstić information content (AvgIpc) is 3.07. The first-order chi connectivity index (χ1) is 9.24. The lowest BCUT2D eigenvalue weighted by Crippen LogP contribution is -2.19. The van der Waals surface area contributed by atoms with Gasteiger partial charge in [0.15, 0.2) is 11.5 Å². The molecule has 7 heteroatoms. The molecule has 2 N–H and O–H groups in total. The number of carbonyl (C=O) groups excluding carboxylic acids is 1. The molecule has 1 aromatic carbocycles. The van der Waals surface area contributed by atoms with E-state index >= 15 is 0 Å². The zero-order valence-corrected chi connectivity index (χ0v) is 10.2. The highest BCUT2D eigenvalue weighted by molar-refractivity contribution is 5.94. The van der Waals surface area contributed by atoms with Crippen LogP contribution >= 0.6 is 0 Å². The molecule has 2 heterocycles. The summed E-state index contributed by atoms with van der Waals surface area (Å²) < 4.78 is 10.5. The maximum Gasteiger partial charge on any atom is 0.233 e. The van der Waals surface area contributed by atoms with Gasteiger partial charge in [-0.15, -0.1) is 0 Å². The molecule has 19 heavy (non-hydrogen) atoms. The van der Waals surface area contributed by atoms with E-state index in [1.165, 1.54) is 6.33 Å². The summed E-state index contributed by atoms with van der Waals surface area (Å²) >= 11 is 0. The van der Waals surface area contributed by atoms with Gasteiger partial charge in [-0.2, -0.15) is 10.1 Å². The molecular formula is C12H12N4O3. The van der Waals surface area contributed by atoms with Crippen LogP contribution in [0, 0.1) is 0 Å². The minimum Gasteiger partial charge on any atom is -0.454 e. The van der Waals surface area contributed by atoms with E-state index in [1.807, 2.05) is 19.1 Å². The van der Waals surface area contributed by atoms with E-state index in [1.54, 1.807) is 6.07 Å². The quantitative estimate of drug-likeness (QED) is 0.867. The molecule has 1 aliphatic heterocycles. The Balaban J connectivity index is 1.76. The van der Waals surface area contributed by atoms with Crippen LogP contribution in [0.25, 0.3) is 0 Å². The topological polar surface area (TPSA) is 89.1 Å². The largest absolute Gasteiger partial charge is 0.454 e. The fraction of sp³-hybridized carbons (Fsp3) is 0.250. The van der Waals surface area contributed by atoms with Crippen LogP contribution in [0.15, 0.2) is 24.5 Å². The Bertz CT molecular complexity index is 597. The van der Waals surface area contributed by atoms with Gasteiger partial charge in [0.25, 0.3) is 0 Å². The van der Waals surface area contributed by atoms with Crippen LogP contribution in [-0.4, -0.2) is 27.9 Å². The zero-order chi connectivity index (χ0) is 13.2. The number of aromatic amines is 1. The molecule has 0 bridgehead atoms. The lowest BCUT2D eigenvalue weighted by atomic mass is 10.00. The maximum atomic E-state index is 12.0. The van der Waals surface area contributed by atoms with Crippen molar-refractivity contribution in [2.45, 2.75) is 12.8 Å². The summed E-state index contributed by atoms with van der Waals surface area (Å²) in [5, 5.41) is 8.89. The highest BCUT2D eigenvalue weighted by atomic mass is 16.7. The molecule has 1 atom stereocenters. The fourth-order valence-electron chi connectivity index (χ4n) is 1.82. The number of amides is 1. The number of benzene rings is 1. The van der Waals surface area contributed by atoms with Crippen LogP contribution in [0.3, 0.4) is 0 Å². The summed E-state index contributed by atoms with van der Waals surface area (Å²) in [6, 6.07) is 5.46. The molecule has 98 valence electrons. The van der Waals surface area contributed by atoms with Crippen LogP contribution in [0.1, 0.15) is 18.4 Å². The molecule has 0 saturated heterocycles. The maximum absolute atomic E-state index is 12.0. The van der Waals surface area contributed by atoms with Crippen molar-refractivity contribution < 1.29 is 14.3 Å². The number of aromatic nitrogens is 3. The van der Waals surface area contributed by atoms with Crippen LogP contribution < -0.4 is 14.8 Å². The van der Waals surface area contributed by atoms with Crippen molar-refractivity contribution in [3.8, 4) is 11.5 Å². The Labute approximate surface area is 108 Å². The Morgan fingerprint density at radius 3 is 3.05 bits per heavy atom. The van der Waals surface area contributed by atoms with Crippen molar-refractivity contribution in [2.24, 2.45) is 0 Å². The molecular weight excluding hydrogens is 248 g/mol.